The van der Waals surface area contributed by atoms with Crippen LogP contribution in [-0.2, 0) is 10.0 Å². The van der Waals surface area contributed by atoms with Crippen molar-refractivity contribution in [1.29, 1.82) is 0 Å². The Balaban J connectivity index is 1.84. The van der Waals surface area contributed by atoms with Crippen LogP contribution < -0.4 is 0 Å². The minimum atomic E-state index is -3.59. The molecule has 2 unspecified atom stereocenters. The molecule has 0 amide bonds. The van der Waals surface area contributed by atoms with Gasteiger partial charge < -0.3 is 5.11 Å². The van der Waals surface area contributed by atoms with Gasteiger partial charge in [0, 0.05) is 24.2 Å². The summed E-state index contributed by atoms with van der Waals surface area (Å²) in [4.78, 5) is 10.0. The van der Waals surface area contributed by atoms with Gasteiger partial charge in [-0.2, -0.15) is 4.31 Å². The molecule has 2 aliphatic rings. The molecular weight excluding hydrogens is 272 g/mol. The summed E-state index contributed by atoms with van der Waals surface area (Å²) in [5, 5.41) is 19.9. The van der Waals surface area contributed by atoms with Gasteiger partial charge in [0.15, 0.2) is 0 Å². The van der Waals surface area contributed by atoms with Gasteiger partial charge in [-0.05, 0) is 25.0 Å². The van der Waals surface area contributed by atoms with Crippen LogP contribution in [0.1, 0.15) is 12.8 Å². The minimum Gasteiger partial charge on any atom is -0.393 e. The van der Waals surface area contributed by atoms with Gasteiger partial charge in [0.05, 0.1) is 15.9 Å². The smallest absolute Gasteiger partial charge is 0.269 e. The van der Waals surface area contributed by atoms with Gasteiger partial charge in [0.1, 0.15) is 0 Å². The number of benzene rings is 1. The second-order valence-corrected chi connectivity index (χ2v) is 6.69. The SMILES string of the molecule is O=[N+]([O-])c1ccc(S(=O)(=O)N2C3CC(O)CC32)cc1. The highest BCUT2D eigenvalue weighted by Crippen LogP contribution is 2.46. The normalized spacial score (nSPS) is 32.9. The van der Waals surface area contributed by atoms with Crippen molar-refractivity contribution in [2.75, 3.05) is 0 Å². The standard InChI is InChI=1S/C11H12N2O5S/c14-8-5-10-11(6-8)12(10)19(17,18)9-3-1-7(2-4-9)13(15)16/h1-4,8,10-11,14H,5-6H2. The number of fused-ring (bicyclic) bond motifs is 1. The first-order valence-corrected chi connectivity index (χ1v) is 7.31. The lowest BCUT2D eigenvalue weighted by Gasteiger charge is -2.11. The molecule has 1 saturated carbocycles. The molecule has 1 aliphatic heterocycles. The third kappa shape index (κ3) is 1.92. The zero-order valence-electron chi connectivity index (χ0n) is 9.84. The molecule has 8 heteroatoms. The van der Waals surface area contributed by atoms with Gasteiger partial charge in [-0.1, -0.05) is 0 Å². The van der Waals surface area contributed by atoms with E-state index in [1.54, 1.807) is 0 Å². The van der Waals surface area contributed by atoms with E-state index < -0.39 is 21.1 Å². The van der Waals surface area contributed by atoms with Crippen molar-refractivity contribution in [3.8, 4) is 0 Å². The average Bonchev–Trinajstić information content (AvgIpc) is 2.89. The predicted octanol–water partition coefficient (Wildman–Crippen LogP) is 0.491. The van der Waals surface area contributed by atoms with Crippen molar-refractivity contribution in [1.82, 2.24) is 4.31 Å². The van der Waals surface area contributed by atoms with Crippen LogP contribution in [0.15, 0.2) is 29.2 Å². The summed E-state index contributed by atoms with van der Waals surface area (Å²) < 4.78 is 25.9. The molecule has 1 saturated heterocycles. The lowest BCUT2D eigenvalue weighted by Crippen LogP contribution is -2.21. The van der Waals surface area contributed by atoms with Gasteiger partial charge in [-0.15, -0.1) is 0 Å². The molecule has 1 aromatic carbocycles. The number of nitro groups is 1. The summed E-state index contributed by atoms with van der Waals surface area (Å²) in [5.74, 6) is 0. The summed E-state index contributed by atoms with van der Waals surface area (Å²) in [6.07, 6.45) is 0.520. The molecule has 3 rings (SSSR count). The molecule has 2 atom stereocenters. The molecule has 1 aliphatic carbocycles. The molecule has 0 radical (unpaired) electrons. The number of hydrogen-bond donors (Lipinski definition) is 1. The summed E-state index contributed by atoms with van der Waals surface area (Å²) in [6, 6.07) is 4.63. The Kier molecular flexibility index (Phi) is 2.63. The number of nitrogens with zero attached hydrogens (tertiary/aromatic N) is 2. The van der Waals surface area contributed by atoms with E-state index in [0.29, 0.717) is 12.8 Å². The maximum Gasteiger partial charge on any atom is 0.269 e. The van der Waals surface area contributed by atoms with Crippen LogP contribution in [0.3, 0.4) is 0 Å². The van der Waals surface area contributed by atoms with Crippen molar-refractivity contribution in [2.45, 2.75) is 35.9 Å². The molecule has 1 N–H and O–H groups in total. The molecule has 0 bridgehead atoms. The first-order valence-electron chi connectivity index (χ1n) is 5.87. The summed E-state index contributed by atoms with van der Waals surface area (Å²) in [7, 11) is -3.59. The number of rotatable bonds is 3. The minimum absolute atomic E-state index is 0.0574. The number of non-ortho nitro benzene ring substituents is 1. The molecule has 0 aromatic heterocycles. The van der Waals surface area contributed by atoms with Gasteiger partial charge >= 0.3 is 0 Å². The highest BCUT2D eigenvalue weighted by Gasteiger charge is 2.60. The Hall–Kier alpha value is -1.51. The zero-order chi connectivity index (χ0) is 13.8. The van der Waals surface area contributed by atoms with E-state index in [0.717, 1.165) is 0 Å². The molecule has 2 fully saturated rings. The number of aliphatic hydroxyl groups excluding tert-OH is 1. The fraction of sp³-hybridized carbons (Fsp3) is 0.455. The van der Waals surface area contributed by atoms with Crippen LogP contribution in [0.4, 0.5) is 5.69 Å². The monoisotopic (exact) mass is 284 g/mol. The van der Waals surface area contributed by atoms with Crippen LogP contribution in [-0.4, -0.2) is 40.9 Å². The first kappa shape index (κ1) is 12.5. The largest absolute Gasteiger partial charge is 0.393 e. The molecule has 0 spiro atoms. The Bertz CT molecular complexity index is 615. The Morgan fingerprint density at radius 2 is 1.74 bits per heavy atom. The third-order valence-corrected chi connectivity index (χ3v) is 5.62. The Morgan fingerprint density at radius 1 is 1.21 bits per heavy atom. The third-order valence-electron chi connectivity index (χ3n) is 3.66. The Morgan fingerprint density at radius 3 is 2.21 bits per heavy atom. The zero-order valence-corrected chi connectivity index (χ0v) is 10.7. The van der Waals surface area contributed by atoms with Crippen LogP contribution in [0.25, 0.3) is 0 Å². The van der Waals surface area contributed by atoms with Gasteiger partial charge in [0.25, 0.3) is 5.69 Å². The molecule has 19 heavy (non-hydrogen) atoms. The second-order valence-electron chi connectivity index (χ2n) is 4.85. The van der Waals surface area contributed by atoms with E-state index in [1.165, 1.54) is 28.6 Å². The fourth-order valence-corrected chi connectivity index (χ4v) is 4.54. The van der Waals surface area contributed by atoms with E-state index in [-0.39, 0.29) is 22.7 Å². The maximum atomic E-state index is 12.3. The van der Waals surface area contributed by atoms with Gasteiger partial charge in [-0.25, -0.2) is 8.42 Å². The van der Waals surface area contributed by atoms with E-state index in [2.05, 4.69) is 0 Å². The van der Waals surface area contributed by atoms with E-state index >= 15 is 0 Å². The number of aliphatic hydroxyl groups is 1. The number of sulfonamides is 1. The fourth-order valence-electron chi connectivity index (χ4n) is 2.70. The van der Waals surface area contributed by atoms with Crippen molar-refractivity contribution >= 4 is 15.7 Å². The predicted molar refractivity (Wildman–Crippen MR) is 64.9 cm³/mol. The first-order chi connectivity index (χ1) is 8.91. The van der Waals surface area contributed by atoms with Crippen LogP contribution in [0.2, 0.25) is 0 Å². The molecular formula is C11H12N2O5S. The molecule has 7 nitrogen and oxygen atoms in total. The van der Waals surface area contributed by atoms with Gasteiger partial charge in [-0.3, -0.25) is 10.1 Å². The van der Waals surface area contributed by atoms with E-state index in [4.69, 9.17) is 0 Å². The number of nitro benzene ring substituents is 1. The molecule has 1 aromatic rings. The highest BCUT2D eigenvalue weighted by atomic mass is 32.2. The summed E-state index contributed by atoms with van der Waals surface area (Å²) in [6.45, 7) is 0. The van der Waals surface area contributed by atoms with Crippen molar-refractivity contribution < 1.29 is 18.4 Å². The number of hydrogen-bond acceptors (Lipinski definition) is 5. The van der Waals surface area contributed by atoms with Crippen LogP contribution in [0, 0.1) is 10.1 Å². The summed E-state index contributed by atoms with van der Waals surface area (Å²) >= 11 is 0. The molecule has 102 valence electrons. The van der Waals surface area contributed by atoms with E-state index in [9.17, 15) is 23.6 Å². The van der Waals surface area contributed by atoms with Gasteiger partial charge in [0.2, 0.25) is 10.0 Å². The van der Waals surface area contributed by atoms with Crippen molar-refractivity contribution in [3.63, 3.8) is 0 Å². The maximum absolute atomic E-state index is 12.3. The Labute approximate surface area is 109 Å². The summed E-state index contributed by atoms with van der Waals surface area (Å²) in [5.41, 5.74) is -0.139. The quantitative estimate of drug-likeness (QED) is 0.494. The van der Waals surface area contributed by atoms with Crippen molar-refractivity contribution in [2.24, 2.45) is 0 Å². The average molecular weight is 284 g/mol. The van der Waals surface area contributed by atoms with E-state index in [1.807, 2.05) is 0 Å². The second kappa shape index (κ2) is 3.99. The molecule has 1 heterocycles. The highest BCUT2D eigenvalue weighted by molar-refractivity contribution is 7.89. The van der Waals surface area contributed by atoms with Crippen LogP contribution >= 0.6 is 0 Å². The number of piperidine rings is 1. The lowest BCUT2D eigenvalue weighted by molar-refractivity contribution is -0.384. The topological polar surface area (TPSA) is 101 Å². The van der Waals surface area contributed by atoms with Crippen LogP contribution in [0.5, 0.6) is 0 Å². The lowest BCUT2D eigenvalue weighted by atomic mass is 10.3. The van der Waals surface area contributed by atoms with Crippen molar-refractivity contribution in [3.05, 3.63) is 34.4 Å².